The molecule has 0 radical (unpaired) electrons. The second-order valence-corrected chi connectivity index (χ2v) is 8.31. The number of hydrogen-bond donors (Lipinski definition) is 2. The summed E-state index contributed by atoms with van der Waals surface area (Å²) < 4.78 is 5.29. The van der Waals surface area contributed by atoms with Gasteiger partial charge in [0.2, 0.25) is 0 Å². The van der Waals surface area contributed by atoms with Crippen LogP contribution in [0.5, 0.6) is 5.75 Å². The van der Waals surface area contributed by atoms with Crippen molar-refractivity contribution < 1.29 is 14.6 Å². The van der Waals surface area contributed by atoms with Crippen molar-refractivity contribution in [3.8, 4) is 5.75 Å². The third-order valence-corrected chi connectivity index (χ3v) is 6.21. The molecule has 0 bridgehead atoms. The number of para-hydroxylation sites is 1. The van der Waals surface area contributed by atoms with Crippen LogP contribution in [0.1, 0.15) is 37.8 Å². The number of hydrogen-bond acceptors (Lipinski definition) is 6. The van der Waals surface area contributed by atoms with Gasteiger partial charge in [0.25, 0.3) is 5.91 Å². The molecule has 4 rings (SSSR count). The Morgan fingerprint density at radius 2 is 1.94 bits per heavy atom. The molecule has 1 saturated heterocycles. The molecule has 1 amide bonds. The zero-order valence-corrected chi connectivity index (χ0v) is 18.4. The van der Waals surface area contributed by atoms with E-state index in [1.165, 1.54) is 0 Å². The number of amides is 1. The van der Waals surface area contributed by atoms with Crippen LogP contribution < -0.4 is 15.2 Å². The molecule has 2 aliphatic heterocycles. The number of hydrazine groups is 1. The van der Waals surface area contributed by atoms with Gasteiger partial charge in [-0.3, -0.25) is 15.2 Å². The molecular weight excluding hydrogens is 416 g/mol. The summed E-state index contributed by atoms with van der Waals surface area (Å²) in [5.74, 6) is 0.254. The Kier molecular flexibility index (Phi) is 6.46. The molecule has 31 heavy (non-hydrogen) atoms. The number of ether oxygens (including phenoxy) is 1. The minimum absolute atomic E-state index is 0.202. The van der Waals surface area contributed by atoms with Gasteiger partial charge in [0.15, 0.2) is 0 Å². The molecule has 2 aromatic carbocycles. The second-order valence-electron chi connectivity index (χ2n) is 7.90. The Morgan fingerprint density at radius 3 is 2.61 bits per heavy atom. The van der Waals surface area contributed by atoms with Crippen LogP contribution >= 0.6 is 11.6 Å². The topological polar surface area (TPSA) is 77.4 Å². The number of carbonyl (C=O) groups excluding carboxylic acids is 1. The second kappa shape index (κ2) is 9.26. The highest BCUT2D eigenvalue weighted by molar-refractivity contribution is 6.40. The van der Waals surface area contributed by atoms with Gasteiger partial charge in [-0.25, -0.2) is 0 Å². The lowest BCUT2D eigenvalue weighted by Crippen LogP contribution is -2.53. The highest BCUT2D eigenvalue weighted by Gasteiger charge is 2.40. The van der Waals surface area contributed by atoms with Gasteiger partial charge in [-0.1, -0.05) is 42.8 Å². The Bertz CT molecular complexity index is 966. The normalized spacial score (nSPS) is 24.1. The summed E-state index contributed by atoms with van der Waals surface area (Å²) in [6.45, 7) is 2.60. The minimum atomic E-state index is -0.674. The van der Waals surface area contributed by atoms with E-state index in [-0.39, 0.29) is 17.9 Å². The number of nitrogens with one attached hydrogen (secondary N) is 1. The van der Waals surface area contributed by atoms with Crippen LogP contribution in [-0.2, 0) is 4.79 Å². The summed E-state index contributed by atoms with van der Waals surface area (Å²) in [5, 5.41) is 18.9. The van der Waals surface area contributed by atoms with Crippen LogP contribution in [0.15, 0.2) is 53.6 Å². The van der Waals surface area contributed by atoms with E-state index in [2.05, 4.69) is 5.43 Å². The van der Waals surface area contributed by atoms with E-state index < -0.39 is 6.23 Å². The van der Waals surface area contributed by atoms with E-state index in [1.54, 1.807) is 12.1 Å². The lowest BCUT2D eigenvalue weighted by Gasteiger charge is -2.32. The molecule has 0 aliphatic carbocycles. The van der Waals surface area contributed by atoms with E-state index in [4.69, 9.17) is 21.4 Å². The van der Waals surface area contributed by atoms with E-state index in [9.17, 15) is 9.90 Å². The fraction of sp³-hybridized carbons (Fsp3) is 0.391. The first-order valence-electron chi connectivity index (χ1n) is 10.5. The van der Waals surface area contributed by atoms with Gasteiger partial charge in [-0.2, -0.15) is 10.1 Å². The Hall–Kier alpha value is -2.61. The zero-order chi connectivity index (χ0) is 22.0. The molecule has 2 N–H and O–H groups in total. The smallest absolute Gasteiger partial charge is 0.282 e. The summed E-state index contributed by atoms with van der Waals surface area (Å²) in [4.78, 5) is 13.1. The van der Waals surface area contributed by atoms with Gasteiger partial charge in [-0.15, -0.1) is 0 Å². The van der Waals surface area contributed by atoms with Crippen molar-refractivity contribution in [2.24, 2.45) is 11.0 Å². The van der Waals surface area contributed by atoms with Crippen molar-refractivity contribution in [1.29, 1.82) is 0 Å². The fourth-order valence-corrected chi connectivity index (χ4v) is 4.41. The largest absolute Gasteiger partial charge is 0.497 e. The number of aliphatic hydroxyl groups excluding tert-OH is 1. The maximum Gasteiger partial charge on any atom is 0.282 e. The number of nitrogens with zero attached hydrogens (tertiary/aromatic N) is 3. The molecule has 164 valence electrons. The molecule has 0 spiro atoms. The van der Waals surface area contributed by atoms with Crippen LogP contribution in [0.3, 0.4) is 0 Å². The lowest BCUT2D eigenvalue weighted by molar-refractivity contribution is -0.128. The van der Waals surface area contributed by atoms with E-state index in [0.717, 1.165) is 29.8 Å². The third kappa shape index (κ3) is 4.39. The maximum absolute atomic E-state index is 13.1. The van der Waals surface area contributed by atoms with E-state index in [1.807, 2.05) is 60.5 Å². The molecule has 1 fully saturated rings. The Labute approximate surface area is 187 Å². The van der Waals surface area contributed by atoms with Crippen molar-refractivity contribution in [3.63, 3.8) is 0 Å². The van der Waals surface area contributed by atoms with Crippen molar-refractivity contribution in [2.45, 2.75) is 38.5 Å². The fourth-order valence-electron chi connectivity index (χ4n) is 4.19. The number of anilines is 1. The minimum Gasteiger partial charge on any atom is -0.497 e. The average Bonchev–Trinajstić information content (AvgIpc) is 3.12. The monoisotopic (exact) mass is 442 g/mol. The highest BCUT2D eigenvalue weighted by atomic mass is 35.5. The van der Waals surface area contributed by atoms with Crippen LogP contribution in [-0.4, -0.2) is 41.6 Å². The molecule has 7 nitrogen and oxygen atoms in total. The molecule has 8 heteroatoms. The predicted octanol–water partition coefficient (Wildman–Crippen LogP) is 3.74. The van der Waals surface area contributed by atoms with Crippen molar-refractivity contribution in [3.05, 3.63) is 59.1 Å². The lowest BCUT2D eigenvalue weighted by atomic mass is 9.91. The number of piperidine rings is 1. The van der Waals surface area contributed by atoms with Crippen LogP contribution in [0.2, 0.25) is 5.02 Å². The van der Waals surface area contributed by atoms with Crippen LogP contribution in [0.4, 0.5) is 5.69 Å². The van der Waals surface area contributed by atoms with Crippen molar-refractivity contribution in [1.82, 2.24) is 10.4 Å². The number of carbonyl (C=O) groups is 1. The first kappa shape index (κ1) is 21.6. The number of halogens is 1. The molecule has 3 atom stereocenters. The molecule has 2 aromatic rings. The van der Waals surface area contributed by atoms with Gasteiger partial charge in [0, 0.05) is 12.5 Å². The average molecular weight is 443 g/mol. The maximum atomic E-state index is 13.1. The number of hydrazone groups is 1. The van der Waals surface area contributed by atoms with Gasteiger partial charge < -0.3 is 9.84 Å². The number of rotatable bonds is 5. The highest BCUT2D eigenvalue weighted by Crippen LogP contribution is 2.42. The molecule has 0 saturated carbocycles. The summed E-state index contributed by atoms with van der Waals surface area (Å²) in [6.07, 6.45) is 1.85. The third-order valence-electron chi connectivity index (χ3n) is 5.89. The first-order chi connectivity index (χ1) is 15.0. The SMILES string of the molecule is COc1ccc(C2C(C)C(C(=O)NN3CCCCC3O)=NN2c2ccccc2Cl)cc1. The summed E-state index contributed by atoms with van der Waals surface area (Å²) in [7, 11) is 1.63. The molecule has 2 heterocycles. The summed E-state index contributed by atoms with van der Waals surface area (Å²) >= 11 is 6.48. The summed E-state index contributed by atoms with van der Waals surface area (Å²) in [6, 6.07) is 15.0. The standard InChI is InChI=1S/C23H27ClN4O3/c1-15-21(23(30)26-27-14-6-5-9-20(27)29)25-28(19-8-4-3-7-18(19)24)22(15)16-10-12-17(31-2)13-11-16/h3-4,7-8,10-13,15,20,22,29H,5-6,9,14H2,1-2H3,(H,26,30). The Balaban J connectivity index is 1.66. The van der Waals surface area contributed by atoms with Gasteiger partial charge in [-0.05, 0) is 49.1 Å². The van der Waals surface area contributed by atoms with Gasteiger partial charge >= 0.3 is 0 Å². The zero-order valence-electron chi connectivity index (χ0n) is 17.7. The first-order valence-corrected chi connectivity index (χ1v) is 10.9. The number of methoxy groups -OCH3 is 1. The van der Waals surface area contributed by atoms with E-state index in [0.29, 0.717) is 23.7 Å². The Morgan fingerprint density at radius 1 is 1.19 bits per heavy atom. The van der Waals surface area contributed by atoms with Crippen LogP contribution in [0.25, 0.3) is 0 Å². The molecule has 0 aromatic heterocycles. The number of aliphatic hydroxyl groups is 1. The predicted molar refractivity (Wildman–Crippen MR) is 121 cm³/mol. The van der Waals surface area contributed by atoms with Crippen LogP contribution in [0, 0.1) is 5.92 Å². The quantitative estimate of drug-likeness (QED) is 0.737. The molecule has 3 unspecified atom stereocenters. The molecular formula is C23H27ClN4O3. The van der Waals surface area contributed by atoms with E-state index >= 15 is 0 Å². The molecule has 2 aliphatic rings. The summed E-state index contributed by atoms with van der Waals surface area (Å²) in [5.41, 5.74) is 4.99. The van der Waals surface area contributed by atoms with Gasteiger partial charge in [0.05, 0.1) is 23.9 Å². The van der Waals surface area contributed by atoms with Crippen molar-refractivity contribution >= 4 is 28.9 Å². The van der Waals surface area contributed by atoms with Crippen molar-refractivity contribution in [2.75, 3.05) is 18.7 Å². The number of benzene rings is 2. The van der Waals surface area contributed by atoms with Gasteiger partial charge in [0.1, 0.15) is 17.7 Å².